The Labute approximate surface area is 176 Å². The monoisotopic (exact) mass is 405 g/mol. The zero-order valence-corrected chi connectivity index (χ0v) is 19.2. The number of piperidine rings is 1. The fourth-order valence-electron chi connectivity index (χ4n) is 4.09. The quantitative estimate of drug-likeness (QED) is 0.752. The molecule has 0 radical (unpaired) electrons. The second kappa shape index (κ2) is 11.4. The average Bonchev–Trinajstić information content (AvgIpc) is 3.28. The fourth-order valence-corrected chi connectivity index (χ4v) is 4.09. The van der Waals surface area contributed by atoms with E-state index in [-0.39, 0.29) is 12.7 Å². The Hall–Kier alpha value is -1.79. The van der Waals surface area contributed by atoms with E-state index in [0.29, 0.717) is 17.4 Å². The van der Waals surface area contributed by atoms with Gasteiger partial charge < -0.3 is 19.3 Å². The molecule has 4 rings (SSSR count). The molecule has 2 saturated heterocycles. The number of nitrogens with zero attached hydrogens (tertiary/aromatic N) is 3. The zero-order chi connectivity index (χ0) is 21.4. The molecule has 0 atom stereocenters. The lowest BCUT2D eigenvalue weighted by atomic mass is 10.0. The summed E-state index contributed by atoms with van der Waals surface area (Å²) >= 11 is 0. The molecule has 0 saturated carbocycles. The molecule has 6 heteroatoms. The highest BCUT2D eigenvalue weighted by Crippen LogP contribution is 2.39. The van der Waals surface area contributed by atoms with Crippen LogP contribution in [0.15, 0.2) is 12.1 Å². The van der Waals surface area contributed by atoms with Crippen LogP contribution in [0.1, 0.15) is 56.5 Å². The number of likely N-dealkylation sites (tertiary alicyclic amines) is 1. The number of benzene rings is 1. The van der Waals surface area contributed by atoms with Crippen LogP contribution >= 0.6 is 0 Å². The van der Waals surface area contributed by atoms with Gasteiger partial charge in [0.15, 0.2) is 11.5 Å². The first-order valence-corrected chi connectivity index (χ1v) is 11.2. The number of carbonyl (C=O) groups is 1. The van der Waals surface area contributed by atoms with Gasteiger partial charge in [0.1, 0.15) is 0 Å². The van der Waals surface area contributed by atoms with E-state index in [0.717, 1.165) is 63.4 Å². The van der Waals surface area contributed by atoms with E-state index in [4.69, 9.17) is 9.47 Å². The zero-order valence-electron chi connectivity index (χ0n) is 19.2. The van der Waals surface area contributed by atoms with Crippen molar-refractivity contribution in [3.63, 3.8) is 0 Å². The predicted molar refractivity (Wildman–Crippen MR) is 118 cm³/mol. The number of rotatable bonds is 2. The maximum absolute atomic E-state index is 13.0. The van der Waals surface area contributed by atoms with Crippen molar-refractivity contribution in [2.24, 2.45) is 0 Å². The summed E-state index contributed by atoms with van der Waals surface area (Å²) < 4.78 is 11.1. The van der Waals surface area contributed by atoms with Crippen LogP contribution in [0.25, 0.3) is 0 Å². The molecule has 1 aromatic carbocycles. The van der Waals surface area contributed by atoms with Crippen molar-refractivity contribution in [1.29, 1.82) is 0 Å². The van der Waals surface area contributed by atoms with Crippen molar-refractivity contribution in [3.8, 4) is 11.5 Å². The van der Waals surface area contributed by atoms with E-state index in [1.807, 2.05) is 51.7 Å². The normalized spacial score (nSPS) is 19.7. The number of hydrogen-bond acceptors (Lipinski definition) is 5. The van der Waals surface area contributed by atoms with Crippen molar-refractivity contribution in [2.45, 2.75) is 53.5 Å². The molecule has 0 aliphatic carbocycles. The molecule has 3 aliphatic heterocycles. The Morgan fingerprint density at radius 1 is 0.897 bits per heavy atom. The molecule has 1 aromatic rings. The van der Waals surface area contributed by atoms with E-state index < -0.39 is 0 Å². The third-order valence-corrected chi connectivity index (χ3v) is 5.75. The van der Waals surface area contributed by atoms with Crippen LogP contribution in [0.2, 0.25) is 0 Å². The number of carbonyl (C=O) groups excluding carboxylic acids is 1. The van der Waals surface area contributed by atoms with E-state index in [9.17, 15) is 4.79 Å². The summed E-state index contributed by atoms with van der Waals surface area (Å²) in [5, 5.41) is 0. The molecule has 1 amide bonds. The van der Waals surface area contributed by atoms with Gasteiger partial charge in [-0.25, -0.2) is 0 Å². The summed E-state index contributed by atoms with van der Waals surface area (Å²) in [6.07, 6.45) is 2.11. The number of fused-ring (bicyclic) bond motifs is 1. The van der Waals surface area contributed by atoms with Crippen molar-refractivity contribution in [3.05, 3.63) is 23.3 Å². The van der Waals surface area contributed by atoms with Crippen LogP contribution in [0.4, 0.5) is 0 Å². The molecular weight excluding hydrogens is 366 g/mol. The van der Waals surface area contributed by atoms with E-state index in [2.05, 4.69) is 16.8 Å². The van der Waals surface area contributed by atoms with Gasteiger partial charge >= 0.3 is 0 Å². The molecular formula is C23H39N3O3. The minimum atomic E-state index is 0.0681. The van der Waals surface area contributed by atoms with Crippen LogP contribution in [-0.4, -0.2) is 79.8 Å². The Morgan fingerprint density at radius 3 is 2.10 bits per heavy atom. The molecule has 0 unspecified atom stereocenters. The SMILES string of the molecule is CC.CC.Cc1ccc(C(=O)N2CCC(N3CCN(C)CC3)CC2)c2c1OCO2. The first-order chi connectivity index (χ1) is 14.1. The van der Waals surface area contributed by atoms with Gasteiger partial charge in [-0.15, -0.1) is 0 Å². The molecule has 3 heterocycles. The van der Waals surface area contributed by atoms with Crippen LogP contribution in [0, 0.1) is 6.92 Å². The summed E-state index contributed by atoms with van der Waals surface area (Å²) in [4.78, 5) is 19.9. The van der Waals surface area contributed by atoms with E-state index >= 15 is 0 Å². The molecule has 0 bridgehead atoms. The van der Waals surface area contributed by atoms with E-state index in [1.165, 1.54) is 0 Å². The maximum atomic E-state index is 13.0. The van der Waals surface area contributed by atoms with Gasteiger partial charge in [0, 0.05) is 45.3 Å². The predicted octanol–water partition coefficient (Wildman–Crippen LogP) is 3.63. The first kappa shape index (κ1) is 23.5. The number of aryl methyl sites for hydroxylation is 1. The Balaban J connectivity index is 0.000000707. The largest absolute Gasteiger partial charge is 0.453 e. The molecule has 29 heavy (non-hydrogen) atoms. The van der Waals surface area contributed by atoms with Gasteiger partial charge in [0.05, 0.1) is 5.56 Å². The molecule has 3 aliphatic rings. The van der Waals surface area contributed by atoms with Gasteiger partial charge in [0.2, 0.25) is 6.79 Å². The van der Waals surface area contributed by atoms with Gasteiger partial charge in [0.25, 0.3) is 5.91 Å². The number of amides is 1. The molecule has 164 valence electrons. The van der Waals surface area contributed by atoms with Crippen molar-refractivity contribution in [1.82, 2.24) is 14.7 Å². The lowest BCUT2D eigenvalue weighted by Crippen LogP contribution is -2.53. The topological polar surface area (TPSA) is 45.3 Å². The van der Waals surface area contributed by atoms with Crippen LogP contribution in [-0.2, 0) is 0 Å². The standard InChI is InChI=1S/C19H27N3O3.2C2H6/c1-14-3-4-16(18-17(14)24-13-25-18)19(23)22-7-5-15(6-8-22)21-11-9-20(2)10-12-21;2*1-2/h3-4,15H,5-13H2,1-2H3;2*1-2H3. The average molecular weight is 406 g/mol. The van der Waals surface area contributed by atoms with Crippen molar-refractivity contribution in [2.75, 3.05) is 53.1 Å². The molecule has 0 aromatic heterocycles. The Kier molecular flexibility index (Phi) is 9.24. The Morgan fingerprint density at radius 2 is 1.48 bits per heavy atom. The summed E-state index contributed by atoms with van der Waals surface area (Å²) in [5.41, 5.74) is 1.65. The van der Waals surface area contributed by atoms with Gasteiger partial charge in [-0.2, -0.15) is 0 Å². The summed E-state index contributed by atoms with van der Waals surface area (Å²) in [6.45, 7) is 16.4. The number of likely N-dealkylation sites (N-methyl/N-ethyl adjacent to an activating group) is 1. The highest BCUT2D eigenvalue weighted by molar-refractivity contribution is 5.98. The second-order valence-corrected chi connectivity index (χ2v) is 7.36. The highest BCUT2D eigenvalue weighted by Gasteiger charge is 2.31. The first-order valence-electron chi connectivity index (χ1n) is 11.2. The van der Waals surface area contributed by atoms with Crippen molar-refractivity contribution < 1.29 is 14.3 Å². The molecule has 0 spiro atoms. The number of ether oxygens (including phenoxy) is 2. The lowest BCUT2D eigenvalue weighted by molar-refractivity contribution is 0.0516. The summed E-state index contributed by atoms with van der Waals surface area (Å²) in [6, 6.07) is 4.43. The maximum Gasteiger partial charge on any atom is 0.257 e. The van der Waals surface area contributed by atoms with Gasteiger partial charge in [-0.1, -0.05) is 33.8 Å². The third kappa shape index (κ3) is 5.43. The smallest absolute Gasteiger partial charge is 0.257 e. The lowest BCUT2D eigenvalue weighted by Gasteiger charge is -2.42. The van der Waals surface area contributed by atoms with Crippen molar-refractivity contribution >= 4 is 5.91 Å². The van der Waals surface area contributed by atoms with Gasteiger partial charge in [-0.05, 0) is 38.4 Å². The molecule has 2 fully saturated rings. The third-order valence-electron chi connectivity index (χ3n) is 5.75. The highest BCUT2D eigenvalue weighted by atomic mass is 16.7. The van der Waals surface area contributed by atoms with Crippen LogP contribution < -0.4 is 9.47 Å². The Bertz CT molecular complexity index is 649. The second-order valence-electron chi connectivity index (χ2n) is 7.36. The fraction of sp³-hybridized carbons (Fsp3) is 0.696. The molecule has 0 N–H and O–H groups in total. The van der Waals surface area contributed by atoms with E-state index in [1.54, 1.807) is 0 Å². The molecule has 6 nitrogen and oxygen atoms in total. The summed E-state index contributed by atoms with van der Waals surface area (Å²) in [7, 11) is 2.18. The van der Waals surface area contributed by atoms with Crippen LogP contribution in [0.3, 0.4) is 0 Å². The summed E-state index contributed by atoms with van der Waals surface area (Å²) in [5.74, 6) is 1.41. The number of hydrogen-bond donors (Lipinski definition) is 0. The number of piperazine rings is 1. The minimum Gasteiger partial charge on any atom is -0.453 e. The minimum absolute atomic E-state index is 0.0681. The van der Waals surface area contributed by atoms with Gasteiger partial charge in [-0.3, -0.25) is 9.69 Å². The van der Waals surface area contributed by atoms with Crippen LogP contribution in [0.5, 0.6) is 11.5 Å².